The van der Waals surface area contributed by atoms with Gasteiger partial charge in [0.05, 0.1) is 12.3 Å². The molecule has 0 bridgehead atoms. The van der Waals surface area contributed by atoms with E-state index in [-0.39, 0.29) is 18.4 Å². The van der Waals surface area contributed by atoms with Crippen molar-refractivity contribution < 1.29 is 23.8 Å². The molecule has 2 aromatic rings. The zero-order valence-electron chi connectivity index (χ0n) is 16.0. The van der Waals surface area contributed by atoms with Crippen molar-refractivity contribution in [3.8, 4) is 11.5 Å². The van der Waals surface area contributed by atoms with Crippen molar-refractivity contribution in [2.24, 2.45) is 0 Å². The summed E-state index contributed by atoms with van der Waals surface area (Å²) < 4.78 is 16.2. The average molecular weight is 384 g/mol. The van der Waals surface area contributed by atoms with Gasteiger partial charge < -0.3 is 24.4 Å². The Kier molecular flexibility index (Phi) is 6.49. The predicted molar refractivity (Wildman–Crippen MR) is 106 cm³/mol. The van der Waals surface area contributed by atoms with E-state index < -0.39 is 6.10 Å². The zero-order valence-corrected chi connectivity index (χ0v) is 16.0. The third-order valence-electron chi connectivity index (χ3n) is 4.26. The fourth-order valence-electron chi connectivity index (χ4n) is 2.97. The molecule has 1 N–H and O–H groups in total. The summed E-state index contributed by atoms with van der Waals surface area (Å²) in [6.45, 7) is 2.67. The molecule has 1 atom stereocenters. The van der Waals surface area contributed by atoms with Gasteiger partial charge in [0.15, 0.2) is 6.10 Å². The van der Waals surface area contributed by atoms with E-state index in [9.17, 15) is 9.59 Å². The van der Waals surface area contributed by atoms with Gasteiger partial charge in [-0.2, -0.15) is 0 Å². The van der Waals surface area contributed by atoms with Gasteiger partial charge in [0.2, 0.25) is 5.91 Å². The number of benzene rings is 2. The molecule has 2 amide bonds. The number of rotatable bonds is 8. The number of para-hydroxylation sites is 1. The van der Waals surface area contributed by atoms with Crippen molar-refractivity contribution in [3.05, 3.63) is 48.5 Å². The molecule has 0 saturated carbocycles. The molecule has 0 aromatic heterocycles. The summed E-state index contributed by atoms with van der Waals surface area (Å²) in [4.78, 5) is 26.1. The molecule has 1 aliphatic rings. The van der Waals surface area contributed by atoms with Crippen LogP contribution in [0.3, 0.4) is 0 Å². The summed E-state index contributed by atoms with van der Waals surface area (Å²) in [5.74, 6) is 1.03. The number of hydrogen-bond acceptors (Lipinski definition) is 5. The quantitative estimate of drug-likeness (QED) is 0.708. The molecule has 0 spiro atoms. The topological polar surface area (TPSA) is 77.1 Å². The van der Waals surface area contributed by atoms with E-state index >= 15 is 0 Å². The highest BCUT2D eigenvalue weighted by Gasteiger charge is 2.31. The summed E-state index contributed by atoms with van der Waals surface area (Å²) >= 11 is 0. The maximum atomic E-state index is 12.6. The summed E-state index contributed by atoms with van der Waals surface area (Å²) in [5, 5.41) is 2.75. The first-order valence-electron chi connectivity index (χ1n) is 9.17. The van der Waals surface area contributed by atoms with Crippen LogP contribution in [0.4, 0.5) is 11.4 Å². The van der Waals surface area contributed by atoms with Crippen LogP contribution in [0, 0.1) is 0 Å². The molecule has 0 fully saturated rings. The number of nitrogens with one attached hydrogen (secondary N) is 1. The second-order valence-corrected chi connectivity index (χ2v) is 6.43. The van der Waals surface area contributed by atoms with Crippen LogP contribution in [0.25, 0.3) is 0 Å². The van der Waals surface area contributed by atoms with Gasteiger partial charge in [0, 0.05) is 19.3 Å². The van der Waals surface area contributed by atoms with Gasteiger partial charge in [-0.05, 0) is 43.7 Å². The Bertz CT molecular complexity index is 825. The molecule has 1 aliphatic heterocycles. The van der Waals surface area contributed by atoms with Crippen molar-refractivity contribution in [1.82, 2.24) is 0 Å². The van der Waals surface area contributed by atoms with E-state index in [2.05, 4.69) is 5.32 Å². The third kappa shape index (κ3) is 4.80. The lowest BCUT2D eigenvalue weighted by atomic mass is 10.1. The van der Waals surface area contributed by atoms with Crippen LogP contribution in [-0.4, -0.2) is 44.8 Å². The summed E-state index contributed by atoms with van der Waals surface area (Å²) in [6, 6.07) is 14.8. The van der Waals surface area contributed by atoms with E-state index in [0.29, 0.717) is 36.7 Å². The molecule has 148 valence electrons. The van der Waals surface area contributed by atoms with E-state index in [4.69, 9.17) is 14.2 Å². The van der Waals surface area contributed by atoms with Gasteiger partial charge in [0.1, 0.15) is 18.1 Å². The van der Waals surface area contributed by atoms with E-state index in [1.807, 2.05) is 30.3 Å². The Morgan fingerprint density at radius 2 is 2.00 bits per heavy atom. The standard InChI is InChI=1S/C21H24N2O5/c1-15-21(25)23(11-6-12-27-17-7-4-3-5-8-17)18-13-16(9-10-19(18)28-15)22-20(24)14-26-2/h3-5,7-10,13,15H,6,11-12,14H2,1-2H3,(H,22,24). The van der Waals surface area contributed by atoms with Gasteiger partial charge in [-0.15, -0.1) is 0 Å². The van der Waals surface area contributed by atoms with Crippen LogP contribution in [-0.2, 0) is 14.3 Å². The summed E-state index contributed by atoms with van der Waals surface area (Å²) in [6.07, 6.45) is 0.101. The normalized spacial score (nSPS) is 15.6. The molecule has 0 aliphatic carbocycles. The van der Waals surface area contributed by atoms with Gasteiger partial charge in [-0.25, -0.2) is 0 Å². The van der Waals surface area contributed by atoms with Crippen molar-refractivity contribution in [1.29, 1.82) is 0 Å². The predicted octanol–water partition coefficient (Wildman–Crippen LogP) is 2.85. The van der Waals surface area contributed by atoms with Gasteiger partial charge in [-0.1, -0.05) is 18.2 Å². The minimum atomic E-state index is -0.559. The lowest BCUT2D eigenvalue weighted by molar-refractivity contribution is -0.125. The van der Waals surface area contributed by atoms with Crippen molar-refractivity contribution in [3.63, 3.8) is 0 Å². The Morgan fingerprint density at radius 1 is 1.21 bits per heavy atom. The molecule has 7 heteroatoms. The van der Waals surface area contributed by atoms with Crippen molar-refractivity contribution >= 4 is 23.2 Å². The Labute approximate surface area is 164 Å². The molecule has 1 heterocycles. The van der Waals surface area contributed by atoms with E-state index in [1.54, 1.807) is 30.0 Å². The van der Waals surface area contributed by atoms with Crippen LogP contribution in [0.2, 0.25) is 0 Å². The van der Waals surface area contributed by atoms with Gasteiger partial charge in [-0.3, -0.25) is 9.59 Å². The lowest BCUT2D eigenvalue weighted by Crippen LogP contribution is -2.45. The fraction of sp³-hybridized carbons (Fsp3) is 0.333. The molecule has 0 radical (unpaired) electrons. The average Bonchev–Trinajstić information content (AvgIpc) is 2.69. The number of nitrogens with zero attached hydrogens (tertiary/aromatic N) is 1. The first-order valence-corrected chi connectivity index (χ1v) is 9.17. The monoisotopic (exact) mass is 384 g/mol. The third-order valence-corrected chi connectivity index (χ3v) is 4.26. The van der Waals surface area contributed by atoms with Crippen molar-refractivity contribution in [2.75, 3.05) is 37.1 Å². The highest BCUT2D eigenvalue weighted by molar-refractivity contribution is 6.01. The van der Waals surface area contributed by atoms with Crippen LogP contribution in [0.15, 0.2) is 48.5 Å². The molecule has 7 nitrogen and oxygen atoms in total. The Balaban J connectivity index is 1.68. The van der Waals surface area contributed by atoms with Gasteiger partial charge in [0.25, 0.3) is 5.91 Å². The molecule has 2 aromatic carbocycles. The van der Waals surface area contributed by atoms with E-state index in [1.165, 1.54) is 7.11 Å². The molecular formula is C21H24N2O5. The second kappa shape index (κ2) is 9.23. The lowest BCUT2D eigenvalue weighted by Gasteiger charge is -2.33. The molecule has 0 saturated heterocycles. The number of carbonyl (C=O) groups excluding carboxylic acids is 2. The summed E-state index contributed by atoms with van der Waals surface area (Å²) in [7, 11) is 1.46. The van der Waals surface area contributed by atoms with Crippen LogP contribution in [0.5, 0.6) is 11.5 Å². The fourth-order valence-corrected chi connectivity index (χ4v) is 2.97. The summed E-state index contributed by atoms with van der Waals surface area (Å²) in [5.41, 5.74) is 1.22. The van der Waals surface area contributed by atoms with E-state index in [0.717, 1.165) is 5.75 Å². The largest absolute Gasteiger partial charge is 0.494 e. The molecule has 1 unspecified atom stereocenters. The molecule has 3 rings (SSSR count). The first kappa shape index (κ1) is 19.7. The number of methoxy groups -OCH3 is 1. The SMILES string of the molecule is COCC(=O)Nc1ccc2c(c1)N(CCCOc1ccccc1)C(=O)C(C)O2. The maximum absolute atomic E-state index is 12.6. The number of amides is 2. The smallest absolute Gasteiger partial charge is 0.267 e. The number of ether oxygens (including phenoxy) is 3. The first-order chi connectivity index (χ1) is 13.6. The molecule has 28 heavy (non-hydrogen) atoms. The van der Waals surface area contributed by atoms with Crippen LogP contribution in [0.1, 0.15) is 13.3 Å². The minimum Gasteiger partial charge on any atom is -0.494 e. The number of anilines is 2. The Hall–Kier alpha value is -3.06. The second-order valence-electron chi connectivity index (χ2n) is 6.43. The number of hydrogen-bond donors (Lipinski definition) is 1. The van der Waals surface area contributed by atoms with Crippen LogP contribution >= 0.6 is 0 Å². The van der Waals surface area contributed by atoms with Crippen molar-refractivity contribution in [2.45, 2.75) is 19.4 Å². The number of fused-ring (bicyclic) bond motifs is 1. The highest BCUT2D eigenvalue weighted by atomic mass is 16.5. The van der Waals surface area contributed by atoms with Gasteiger partial charge >= 0.3 is 0 Å². The minimum absolute atomic E-state index is 0.0376. The maximum Gasteiger partial charge on any atom is 0.267 e. The van der Waals surface area contributed by atoms with Crippen LogP contribution < -0.4 is 19.7 Å². The number of carbonyl (C=O) groups is 2. The zero-order chi connectivity index (χ0) is 19.9. The highest BCUT2D eigenvalue weighted by Crippen LogP contribution is 2.36. The Morgan fingerprint density at radius 3 is 2.75 bits per heavy atom. The molecular weight excluding hydrogens is 360 g/mol.